The monoisotopic (exact) mass is 261 g/mol. The summed E-state index contributed by atoms with van der Waals surface area (Å²) >= 11 is 0. The predicted octanol–water partition coefficient (Wildman–Crippen LogP) is 2.37. The molecule has 0 amide bonds. The summed E-state index contributed by atoms with van der Waals surface area (Å²) in [5, 5.41) is 3.45. The van der Waals surface area contributed by atoms with E-state index in [4.69, 9.17) is 0 Å². The zero-order valence-electron chi connectivity index (χ0n) is 11.6. The summed E-state index contributed by atoms with van der Waals surface area (Å²) in [6.45, 7) is 6.41. The first-order valence-electron chi connectivity index (χ1n) is 6.69. The lowest BCUT2D eigenvalue weighted by atomic mass is 9.84. The van der Waals surface area contributed by atoms with Gasteiger partial charge in [0.1, 0.15) is 0 Å². The maximum absolute atomic E-state index is 11.6. The standard InChI is InChI=1S/C13H27NO2S/c1-5-11-7-6-8-12(9-11)14-10-13(2,3)17(4,15)16/h11-12,14H,5-10H2,1-4H3. The van der Waals surface area contributed by atoms with Crippen LogP contribution in [0.2, 0.25) is 0 Å². The van der Waals surface area contributed by atoms with Crippen molar-refractivity contribution in [2.24, 2.45) is 5.92 Å². The third-order valence-electron chi connectivity index (χ3n) is 4.18. The third-order valence-corrected chi connectivity index (χ3v) is 6.33. The average Bonchev–Trinajstić information content (AvgIpc) is 2.25. The van der Waals surface area contributed by atoms with Crippen LogP contribution in [0.15, 0.2) is 0 Å². The molecule has 102 valence electrons. The molecule has 2 atom stereocenters. The number of rotatable bonds is 5. The Kier molecular flexibility index (Phi) is 5.02. The van der Waals surface area contributed by atoms with E-state index in [2.05, 4.69) is 12.2 Å². The molecule has 0 radical (unpaired) electrons. The van der Waals surface area contributed by atoms with Gasteiger partial charge in [0.25, 0.3) is 0 Å². The van der Waals surface area contributed by atoms with Crippen LogP contribution in [-0.4, -0.2) is 32.0 Å². The fraction of sp³-hybridized carbons (Fsp3) is 1.00. The zero-order chi connectivity index (χ0) is 13.1. The van der Waals surface area contributed by atoms with Crippen molar-refractivity contribution in [3.63, 3.8) is 0 Å². The van der Waals surface area contributed by atoms with E-state index in [1.165, 1.54) is 38.4 Å². The molecule has 1 N–H and O–H groups in total. The van der Waals surface area contributed by atoms with E-state index in [0.29, 0.717) is 12.6 Å². The Morgan fingerprint density at radius 3 is 2.47 bits per heavy atom. The Balaban J connectivity index is 2.45. The van der Waals surface area contributed by atoms with E-state index in [1.54, 1.807) is 13.8 Å². The van der Waals surface area contributed by atoms with Crippen LogP contribution in [0.3, 0.4) is 0 Å². The molecule has 0 aromatic heterocycles. The molecule has 0 aromatic rings. The highest BCUT2D eigenvalue weighted by atomic mass is 32.2. The number of hydrogen-bond donors (Lipinski definition) is 1. The van der Waals surface area contributed by atoms with Gasteiger partial charge in [-0.05, 0) is 32.6 Å². The molecule has 0 saturated heterocycles. The highest BCUT2D eigenvalue weighted by molar-refractivity contribution is 7.92. The van der Waals surface area contributed by atoms with Gasteiger partial charge in [0.2, 0.25) is 0 Å². The van der Waals surface area contributed by atoms with Gasteiger partial charge in [0.15, 0.2) is 9.84 Å². The minimum Gasteiger partial charge on any atom is -0.312 e. The van der Waals surface area contributed by atoms with E-state index in [-0.39, 0.29) is 0 Å². The molecule has 4 heteroatoms. The van der Waals surface area contributed by atoms with Crippen LogP contribution >= 0.6 is 0 Å². The topological polar surface area (TPSA) is 46.2 Å². The van der Waals surface area contributed by atoms with Gasteiger partial charge in [0.05, 0.1) is 4.75 Å². The van der Waals surface area contributed by atoms with Gasteiger partial charge < -0.3 is 5.32 Å². The van der Waals surface area contributed by atoms with Gasteiger partial charge in [-0.1, -0.05) is 26.2 Å². The SMILES string of the molecule is CCC1CCCC(NCC(C)(C)S(C)(=O)=O)C1. The van der Waals surface area contributed by atoms with Crippen molar-refractivity contribution >= 4 is 9.84 Å². The zero-order valence-corrected chi connectivity index (χ0v) is 12.4. The summed E-state index contributed by atoms with van der Waals surface area (Å²) in [6, 6.07) is 0.509. The highest BCUT2D eigenvalue weighted by Crippen LogP contribution is 2.27. The van der Waals surface area contributed by atoms with Crippen molar-refractivity contribution in [1.29, 1.82) is 0 Å². The first kappa shape index (κ1) is 15.0. The summed E-state index contributed by atoms with van der Waals surface area (Å²) in [4.78, 5) is 0. The molecule has 3 nitrogen and oxygen atoms in total. The molecule has 1 aliphatic carbocycles. The quantitative estimate of drug-likeness (QED) is 0.826. The summed E-state index contributed by atoms with van der Waals surface area (Å²) in [6.07, 6.45) is 7.57. The van der Waals surface area contributed by atoms with Crippen LogP contribution in [0.1, 0.15) is 52.9 Å². The Labute approximate surface area is 106 Å². The number of hydrogen-bond acceptors (Lipinski definition) is 3. The van der Waals surface area contributed by atoms with Gasteiger partial charge in [0, 0.05) is 18.8 Å². The van der Waals surface area contributed by atoms with Gasteiger partial charge in [-0.2, -0.15) is 0 Å². The third kappa shape index (κ3) is 4.25. The second-order valence-corrected chi connectivity index (χ2v) is 8.70. The van der Waals surface area contributed by atoms with E-state index in [0.717, 1.165) is 5.92 Å². The lowest BCUT2D eigenvalue weighted by Gasteiger charge is -2.32. The van der Waals surface area contributed by atoms with Crippen LogP contribution < -0.4 is 5.32 Å². The van der Waals surface area contributed by atoms with Gasteiger partial charge in [-0.25, -0.2) is 8.42 Å². The van der Waals surface area contributed by atoms with Gasteiger partial charge >= 0.3 is 0 Å². The van der Waals surface area contributed by atoms with E-state index >= 15 is 0 Å². The second-order valence-electron chi connectivity index (χ2n) is 6.05. The summed E-state index contributed by atoms with van der Waals surface area (Å²) in [5.74, 6) is 0.822. The van der Waals surface area contributed by atoms with E-state index in [9.17, 15) is 8.42 Å². The number of nitrogens with one attached hydrogen (secondary N) is 1. The summed E-state index contributed by atoms with van der Waals surface area (Å²) in [5.41, 5.74) is 0. The van der Waals surface area contributed by atoms with Crippen LogP contribution in [0.5, 0.6) is 0 Å². The molecule has 17 heavy (non-hydrogen) atoms. The molecule has 1 fully saturated rings. The van der Waals surface area contributed by atoms with Crippen molar-refractivity contribution in [3.05, 3.63) is 0 Å². The number of sulfone groups is 1. The van der Waals surface area contributed by atoms with Crippen LogP contribution in [0.25, 0.3) is 0 Å². The van der Waals surface area contributed by atoms with Crippen molar-refractivity contribution in [2.45, 2.75) is 63.7 Å². The molecule has 1 rings (SSSR count). The first-order chi connectivity index (χ1) is 7.76. The first-order valence-corrected chi connectivity index (χ1v) is 8.58. The predicted molar refractivity (Wildman–Crippen MR) is 73.0 cm³/mol. The lowest BCUT2D eigenvalue weighted by molar-refractivity contribution is 0.275. The fourth-order valence-corrected chi connectivity index (χ4v) is 2.71. The Morgan fingerprint density at radius 1 is 1.29 bits per heavy atom. The maximum atomic E-state index is 11.6. The highest BCUT2D eigenvalue weighted by Gasteiger charge is 2.31. The van der Waals surface area contributed by atoms with Gasteiger partial charge in [-0.15, -0.1) is 0 Å². The van der Waals surface area contributed by atoms with Crippen LogP contribution in [0.4, 0.5) is 0 Å². The molecule has 0 spiro atoms. The summed E-state index contributed by atoms with van der Waals surface area (Å²) in [7, 11) is -2.98. The van der Waals surface area contributed by atoms with E-state index in [1.807, 2.05) is 0 Å². The van der Waals surface area contributed by atoms with E-state index < -0.39 is 14.6 Å². The smallest absolute Gasteiger partial charge is 0.153 e. The van der Waals surface area contributed by atoms with Crippen LogP contribution in [-0.2, 0) is 9.84 Å². The molecular formula is C13H27NO2S. The average molecular weight is 261 g/mol. The largest absolute Gasteiger partial charge is 0.312 e. The van der Waals surface area contributed by atoms with Crippen LogP contribution in [0, 0.1) is 5.92 Å². The molecule has 1 saturated carbocycles. The van der Waals surface area contributed by atoms with Crippen molar-refractivity contribution < 1.29 is 8.42 Å². The molecule has 0 aliphatic heterocycles. The Hall–Kier alpha value is -0.0900. The second kappa shape index (κ2) is 5.70. The van der Waals surface area contributed by atoms with Crippen molar-refractivity contribution in [2.75, 3.05) is 12.8 Å². The molecule has 0 bridgehead atoms. The Bertz CT molecular complexity index is 335. The molecule has 1 aliphatic rings. The molecular weight excluding hydrogens is 234 g/mol. The van der Waals surface area contributed by atoms with Crippen molar-refractivity contribution in [3.8, 4) is 0 Å². The molecule has 0 aromatic carbocycles. The Morgan fingerprint density at radius 2 is 1.94 bits per heavy atom. The summed E-state index contributed by atoms with van der Waals surface area (Å²) < 4.78 is 22.6. The molecule has 0 heterocycles. The lowest BCUT2D eigenvalue weighted by Crippen LogP contribution is -2.46. The minimum atomic E-state index is -2.98. The normalized spacial score (nSPS) is 27.1. The maximum Gasteiger partial charge on any atom is 0.153 e. The molecule has 2 unspecified atom stereocenters. The fourth-order valence-electron chi connectivity index (χ4n) is 2.37. The van der Waals surface area contributed by atoms with Crippen molar-refractivity contribution in [1.82, 2.24) is 5.32 Å². The van der Waals surface area contributed by atoms with Gasteiger partial charge in [-0.3, -0.25) is 0 Å². The minimum absolute atomic E-state index is 0.509.